The van der Waals surface area contributed by atoms with Crippen molar-refractivity contribution in [2.75, 3.05) is 36.9 Å². The van der Waals surface area contributed by atoms with Gasteiger partial charge in [-0.3, -0.25) is 0 Å². The van der Waals surface area contributed by atoms with Crippen LogP contribution in [0.15, 0.2) is 24.4 Å². The van der Waals surface area contributed by atoms with E-state index in [4.69, 9.17) is 20.4 Å². The summed E-state index contributed by atoms with van der Waals surface area (Å²) >= 11 is 1.54. The Hall–Kier alpha value is -2.29. The molecule has 1 aliphatic rings. The molecule has 3 aromatic rings. The Kier molecular flexibility index (Phi) is 4.26. The van der Waals surface area contributed by atoms with Crippen LogP contribution in [0.5, 0.6) is 0 Å². The molecule has 3 N–H and O–H groups in total. The topological polar surface area (TPSA) is 97.4 Å². The van der Waals surface area contributed by atoms with E-state index in [1.165, 1.54) is 11.3 Å². The molecule has 0 aliphatic carbocycles. The quantitative estimate of drug-likeness (QED) is 0.729. The number of hydrogen-bond acceptors (Lipinski definition) is 8. The Bertz CT molecular complexity index is 927. The molecule has 26 heavy (non-hydrogen) atoms. The third-order valence-electron chi connectivity index (χ3n) is 4.31. The average Bonchev–Trinajstić information content (AvgIpc) is 3.07. The number of fused-ring (bicyclic) bond motifs is 1. The molecule has 1 saturated heterocycles. The van der Waals surface area contributed by atoms with Gasteiger partial charge in [-0.2, -0.15) is 0 Å². The van der Waals surface area contributed by atoms with Crippen LogP contribution in [-0.2, 0) is 10.3 Å². The highest BCUT2D eigenvalue weighted by atomic mass is 32.1. The number of nitrogens with zero attached hydrogens (tertiary/aromatic N) is 4. The van der Waals surface area contributed by atoms with Crippen molar-refractivity contribution in [2.45, 2.75) is 19.4 Å². The zero-order chi connectivity index (χ0) is 18.3. The van der Waals surface area contributed by atoms with Gasteiger partial charge in [-0.1, -0.05) is 0 Å². The summed E-state index contributed by atoms with van der Waals surface area (Å²) in [4.78, 5) is 16.8. The van der Waals surface area contributed by atoms with Crippen molar-refractivity contribution in [1.29, 1.82) is 0 Å². The smallest absolute Gasteiger partial charge is 0.163 e. The van der Waals surface area contributed by atoms with Gasteiger partial charge in [-0.05, 0) is 32.0 Å². The van der Waals surface area contributed by atoms with Crippen molar-refractivity contribution in [3.63, 3.8) is 0 Å². The molecule has 0 atom stereocenters. The molecule has 136 valence electrons. The van der Waals surface area contributed by atoms with E-state index in [0.717, 1.165) is 39.6 Å². The van der Waals surface area contributed by atoms with E-state index < -0.39 is 5.60 Å². The molecule has 0 saturated carbocycles. The summed E-state index contributed by atoms with van der Waals surface area (Å²) in [5.74, 6) is 1.94. The van der Waals surface area contributed by atoms with E-state index in [9.17, 15) is 5.11 Å². The first-order valence-electron chi connectivity index (χ1n) is 8.51. The molecule has 0 amide bonds. The lowest BCUT2D eigenvalue weighted by Crippen LogP contribution is -2.36. The summed E-state index contributed by atoms with van der Waals surface area (Å²) in [7, 11) is 0. The minimum Gasteiger partial charge on any atom is -0.385 e. The van der Waals surface area contributed by atoms with Gasteiger partial charge in [0, 0.05) is 29.7 Å². The zero-order valence-corrected chi connectivity index (χ0v) is 15.6. The number of pyridine rings is 1. The molecule has 0 radical (unpaired) electrons. The Morgan fingerprint density at radius 3 is 2.65 bits per heavy atom. The van der Waals surface area contributed by atoms with Gasteiger partial charge in [0.15, 0.2) is 11.6 Å². The molecule has 3 aromatic heterocycles. The monoisotopic (exact) mass is 371 g/mol. The molecule has 1 fully saturated rings. The molecule has 0 bridgehead atoms. The fourth-order valence-corrected chi connectivity index (χ4v) is 3.99. The van der Waals surface area contributed by atoms with Gasteiger partial charge in [-0.15, -0.1) is 11.3 Å². The first-order valence-corrected chi connectivity index (χ1v) is 9.32. The number of ether oxygens (including phenoxy) is 1. The fourth-order valence-electron chi connectivity index (χ4n) is 2.87. The Labute approximate surface area is 155 Å². The molecule has 0 unspecified atom stereocenters. The van der Waals surface area contributed by atoms with Crippen LogP contribution in [0.25, 0.3) is 21.6 Å². The van der Waals surface area contributed by atoms with E-state index in [1.807, 2.05) is 12.1 Å². The first kappa shape index (κ1) is 17.1. The van der Waals surface area contributed by atoms with Gasteiger partial charge >= 0.3 is 0 Å². The van der Waals surface area contributed by atoms with Gasteiger partial charge in [0.25, 0.3) is 0 Å². The van der Waals surface area contributed by atoms with Crippen molar-refractivity contribution in [1.82, 2.24) is 15.0 Å². The predicted octanol–water partition coefficient (Wildman–Crippen LogP) is 2.40. The fraction of sp³-hybridized carbons (Fsp3) is 0.389. The maximum atomic E-state index is 10.4. The summed E-state index contributed by atoms with van der Waals surface area (Å²) in [6.45, 7) is 6.47. The maximum absolute atomic E-state index is 10.4. The number of rotatable bonds is 3. The van der Waals surface area contributed by atoms with E-state index >= 15 is 0 Å². The molecule has 0 spiro atoms. The molecule has 1 aliphatic heterocycles. The average molecular weight is 371 g/mol. The van der Waals surface area contributed by atoms with Crippen LogP contribution >= 0.6 is 11.3 Å². The number of aliphatic hydroxyl groups is 1. The minimum atomic E-state index is -0.920. The van der Waals surface area contributed by atoms with Gasteiger partial charge in [0.2, 0.25) is 0 Å². The molecule has 0 aromatic carbocycles. The number of hydrogen-bond donors (Lipinski definition) is 2. The Balaban J connectivity index is 1.89. The lowest BCUT2D eigenvalue weighted by molar-refractivity contribution is 0.0826. The van der Waals surface area contributed by atoms with Crippen LogP contribution in [-0.4, -0.2) is 46.4 Å². The van der Waals surface area contributed by atoms with Crippen LogP contribution in [0.4, 0.5) is 11.6 Å². The van der Waals surface area contributed by atoms with E-state index in [1.54, 1.807) is 26.1 Å². The summed E-state index contributed by atoms with van der Waals surface area (Å²) in [6, 6.07) is 5.56. The van der Waals surface area contributed by atoms with Crippen LogP contribution in [0.2, 0.25) is 0 Å². The van der Waals surface area contributed by atoms with E-state index in [2.05, 4.69) is 9.88 Å². The highest BCUT2D eigenvalue weighted by Gasteiger charge is 2.24. The third-order valence-corrected chi connectivity index (χ3v) is 5.75. The van der Waals surface area contributed by atoms with Crippen molar-refractivity contribution in [2.24, 2.45) is 0 Å². The SMILES string of the molecule is CC(C)(O)c1cc2nc(-c3ccc(N)nc3)nc(N3CCOCC3)c2s1. The van der Waals surface area contributed by atoms with Gasteiger partial charge < -0.3 is 20.5 Å². The lowest BCUT2D eigenvalue weighted by Gasteiger charge is -2.28. The number of nitrogen functional groups attached to an aromatic ring is 1. The molecular formula is C18H21N5O2S. The summed E-state index contributed by atoms with van der Waals surface area (Å²) in [5, 5.41) is 10.4. The molecular weight excluding hydrogens is 350 g/mol. The summed E-state index contributed by atoms with van der Waals surface area (Å²) < 4.78 is 6.46. The maximum Gasteiger partial charge on any atom is 0.163 e. The van der Waals surface area contributed by atoms with Crippen LogP contribution in [0.1, 0.15) is 18.7 Å². The third kappa shape index (κ3) is 3.23. The second kappa shape index (κ2) is 6.46. The van der Waals surface area contributed by atoms with Crippen LogP contribution < -0.4 is 10.6 Å². The zero-order valence-electron chi connectivity index (χ0n) is 14.8. The van der Waals surface area contributed by atoms with Crippen molar-refractivity contribution >= 4 is 33.2 Å². The van der Waals surface area contributed by atoms with Gasteiger partial charge in [-0.25, -0.2) is 15.0 Å². The minimum absolute atomic E-state index is 0.461. The predicted molar refractivity (Wildman–Crippen MR) is 103 cm³/mol. The highest BCUT2D eigenvalue weighted by Crippen LogP contribution is 2.38. The van der Waals surface area contributed by atoms with Crippen LogP contribution in [0.3, 0.4) is 0 Å². The van der Waals surface area contributed by atoms with Gasteiger partial charge in [0.1, 0.15) is 5.82 Å². The number of anilines is 2. The number of aromatic nitrogens is 3. The van der Waals surface area contributed by atoms with Crippen molar-refractivity contribution < 1.29 is 9.84 Å². The Morgan fingerprint density at radius 1 is 1.23 bits per heavy atom. The van der Waals surface area contributed by atoms with Crippen molar-refractivity contribution in [3.8, 4) is 11.4 Å². The highest BCUT2D eigenvalue weighted by molar-refractivity contribution is 7.19. The van der Waals surface area contributed by atoms with E-state index in [-0.39, 0.29) is 0 Å². The molecule has 4 rings (SSSR count). The number of thiophene rings is 1. The first-order chi connectivity index (χ1) is 12.4. The summed E-state index contributed by atoms with van der Waals surface area (Å²) in [5.41, 5.74) is 6.41. The largest absolute Gasteiger partial charge is 0.385 e. The lowest BCUT2D eigenvalue weighted by atomic mass is 10.1. The second-order valence-corrected chi connectivity index (χ2v) is 7.88. The number of morpholine rings is 1. The normalized spacial score (nSPS) is 15.6. The van der Waals surface area contributed by atoms with Crippen molar-refractivity contribution in [3.05, 3.63) is 29.3 Å². The Morgan fingerprint density at radius 2 is 2.00 bits per heavy atom. The molecule has 7 nitrogen and oxygen atoms in total. The van der Waals surface area contributed by atoms with E-state index in [0.29, 0.717) is 24.9 Å². The van der Waals surface area contributed by atoms with Gasteiger partial charge in [0.05, 0.1) is 29.0 Å². The number of nitrogens with two attached hydrogens (primary N) is 1. The van der Waals surface area contributed by atoms with Crippen LogP contribution in [0, 0.1) is 0 Å². The molecule has 8 heteroatoms. The standard InChI is InChI=1S/C18H21N5O2S/c1-18(2,24)13-9-12-15(26-13)17(23-5-7-25-8-6-23)22-16(21-12)11-3-4-14(19)20-10-11/h3-4,9-10,24H,5-8H2,1-2H3,(H2,19,20). The summed E-state index contributed by atoms with van der Waals surface area (Å²) in [6.07, 6.45) is 1.68. The molecule has 4 heterocycles. The second-order valence-electron chi connectivity index (χ2n) is 6.83.